The maximum atomic E-state index is 14.0. The Morgan fingerprint density at radius 3 is 2.40 bits per heavy atom. The van der Waals surface area contributed by atoms with Crippen molar-refractivity contribution in [3.63, 3.8) is 0 Å². The molecule has 0 saturated carbocycles. The van der Waals surface area contributed by atoms with Gasteiger partial charge in [0.25, 0.3) is 5.91 Å². The first-order chi connectivity index (χ1) is 18.7. The Hall–Kier alpha value is -2.98. The first-order valence-electron chi connectivity index (χ1n) is 13.5. The zero-order valence-electron chi connectivity index (χ0n) is 24.1. The van der Waals surface area contributed by atoms with Crippen LogP contribution in [0.3, 0.4) is 0 Å². The highest BCUT2D eigenvalue weighted by atomic mass is 32.2. The molecule has 10 heteroatoms. The lowest BCUT2D eigenvalue weighted by Gasteiger charge is -2.36. The van der Waals surface area contributed by atoms with Crippen LogP contribution in [-0.4, -0.2) is 49.5 Å². The number of carbonyl (C=O) groups is 2. The predicted octanol–water partition coefficient (Wildman–Crippen LogP) is 6.43. The van der Waals surface area contributed by atoms with Gasteiger partial charge in [0.1, 0.15) is 5.75 Å². The fraction of sp³-hybridized carbons (Fsp3) is 0.467. The van der Waals surface area contributed by atoms with Crippen LogP contribution in [0.2, 0.25) is 0 Å². The summed E-state index contributed by atoms with van der Waals surface area (Å²) in [7, 11) is -3.74. The summed E-state index contributed by atoms with van der Waals surface area (Å²) in [6, 6.07) is 10.5. The number of thioether (sulfide) groups is 1. The van der Waals surface area contributed by atoms with Gasteiger partial charge in [0, 0.05) is 34.8 Å². The van der Waals surface area contributed by atoms with Gasteiger partial charge in [-0.2, -0.15) is 0 Å². The number of carboxylic acids is 1. The molecule has 1 aliphatic rings. The van der Waals surface area contributed by atoms with Crippen LogP contribution in [0, 0.1) is 5.41 Å². The molecule has 0 radical (unpaired) electrons. The molecule has 8 nitrogen and oxygen atoms in total. The van der Waals surface area contributed by atoms with Gasteiger partial charge in [-0.25, -0.2) is 13.2 Å². The minimum absolute atomic E-state index is 0.00487. The van der Waals surface area contributed by atoms with Crippen molar-refractivity contribution in [3.8, 4) is 5.75 Å². The average Bonchev–Trinajstić information content (AvgIpc) is 2.98. The van der Waals surface area contributed by atoms with Crippen molar-refractivity contribution in [1.82, 2.24) is 5.32 Å². The lowest BCUT2D eigenvalue weighted by atomic mass is 9.81. The molecule has 0 aliphatic carbocycles. The smallest absolute Gasteiger partial charge is 0.331 e. The van der Waals surface area contributed by atoms with E-state index in [2.05, 4.69) is 12.2 Å². The quantitative estimate of drug-likeness (QED) is 0.186. The first kappa shape index (κ1) is 31.5. The standard InChI is InChI=1S/C30H40N2O6S2/c1-7-9-15-30(8-2)19-32(22-12-10-21(11-13-22)28(35)31-29(3,4)5)23-17-25(39-6)24(38-16-14-27(33)34)18-26(23)40(36,37)20-30/h10-14,16-18H,7-9,15,19-20H2,1-6H3,(H,31,35)(H,33,34)/b16-14+. The Bertz CT molecular complexity index is 1360. The fourth-order valence-electron chi connectivity index (χ4n) is 4.88. The molecule has 1 heterocycles. The number of anilines is 2. The Balaban J connectivity index is 2.19. The van der Waals surface area contributed by atoms with Gasteiger partial charge in [-0.15, -0.1) is 11.8 Å². The van der Waals surface area contributed by atoms with E-state index in [1.807, 2.05) is 51.0 Å². The van der Waals surface area contributed by atoms with Crippen molar-refractivity contribution in [3.05, 3.63) is 54.3 Å². The molecular weight excluding hydrogens is 548 g/mol. The normalized spacial score (nSPS) is 18.7. The van der Waals surface area contributed by atoms with Crippen molar-refractivity contribution in [1.29, 1.82) is 0 Å². The number of benzene rings is 2. The van der Waals surface area contributed by atoms with Gasteiger partial charge in [0.05, 0.1) is 33.6 Å². The maximum absolute atomic E-state index is 14.0. The zero-order valence-corrected chi connectivity index (χ0v) is 25.7. The second-order valence-electron chi connectivity index (χ2n) is 11.3. The number of nitrogens with one attached hydrogen (secondary N) is 1. The van der Waals surface area contributed by atoms with Gasteiger partial charge in [-0.05, 0) is 70.2 Å². The molecule has 0 spiro atoms. The van der Waals surface area contributed by atoms with Crippen LogP contribution >= 0.6 is 11.8 Å². The third kappa shape index (κ3) is 7.60. The molecule has 218 valence electrons. The Morgan fingerprint density at radius 1 is 1.18 bits per heavy atom. The third-order valence-corrected chi connectivity index (χ3v) is 9.76. The van der Waals surface area contributed by atoms with Crippen molar-refractivity contribution in [2.45, 2.75) is 75.6 Å². The highest BCUT2D eigenvalue weighted by Crippen LogP contribution is 2.47. The van der Waals surface area contributed by atoms with Gasteiger partial charge in [0.2, 0.25) is 0 Å². The Morgan fingerprint density at radius 2 is 1.85 bits per heavy atom. The number of unbranched alkanes of at least 4 members (excludes halogenated alkanes) is 1. The van der Waals surface area contributed by atoms with E-state index in [-0.39, 0.29) is 27.8 Å². The monoisotopic (exact) mass is 588 g/mol. The molecular formula is C30H40N2O6S2. The zero-order chi connectivity index (χ0) is 29.7. The molecule has 1 atom stereocenters. The largest absolute Gasteiger partial charge is 0.478 e. The van der Waals surface area contributed by atoms with E-state index in [1.54, 1.807) is 18.2 Å². The molecule has 40 heavy (non-hydrogen) atoms. The summed E-state index contributed by atoms with van der Waals surface area (Å²) < 4.78 is 33.5. The Kier molecular flexibility index (Phi) is 10.0. The highest BCUT2D eigenvalue weighted by molar-refractivity contribution is 7.98. The number of fused-ring (bicyclic) bond motifs is 1. The number of hydrogen-bond acceptors (Lipinski definition) is 7. The Labute approximate surface area is 242 Å². The first-order valence-corrected chi connectivity index (χ1v) is 16.3. The molecule has 2 N–H and O–H groups in total. The highest BCUT2D eigenvalue weighted by Gasteiger charge is 2.42. The summed E-state index contributed by atoms with van der Waals surface area (Å²) in [6.45, 7) is 10.4. The SMILES string of the molecule is CCCCC1(CC)CN(c2ccc(C(=O)NC(C)(C)C)cc2)c2cc(SC)c(O/C=C/C(=O)O)cc2S(=O)(=O)C1. The molecule has 2 aromatic rings. The fourth-order valence-corrected chi connectivity index (χ4v) is 7.60. The van der Waals surface area contributed by atoms with Gasteiger partial charge < -0.3 is 20.1 Å². The van der Waals surface area contributed by atoms with Gasteiger partial charge in [-0.3, -0.25) is 4.79 Å². The summed E-state index contributed by atoms with van der Waals surface area (Å²) in [6.07, 6.45) is 7.06. The van der Waals surface area contributed by atoms with Crippen molar-refractivity contribution < 1.29 is 27.9 Å². The number of carbonyl (C=O) groups excluding carboxylic acids is 1. The molecule has 0 saturated heterocycles. The van der Waals surface area contributed by atoms with E-state index < -0.39 is 21.2 Å². The summed E-state index contributed by atoms with van der Waals surface area (Å²) in [5.74, 6) is -1.07. The number of rotatable bonds is 10. The second-order valence-corrected chi connectivity index (χ2v) is 14.1. The van der Waals surface area contributed by atoms with Crippen LogP contribution in [0.15, 0.2) is 58.5 Å². The van der Waals surface area contributed by atoms with Gasteiger partial charge in [-0.1, -0.05) is 26.7 Å². The number of aliphatic carboxylic acids is 1. The minimum Gasteiger partial charge on any atom is -0.478 e. The van der Waals surface area contributed by atoms with Crippen LogP contribution in [-0.2, 0) is 14.6 Å². The molecule has 0 aromatic heterocycles. The second kappa shape index (κ2) is 12.7. The number of sulfone groups is 1. The van der Waals surface area contributed by atoms with E-state index in [1.165, 1.54) is 17.8 Å². The predicted molar refractivity (Wildman–Crippen MR) is 161 cm³/mol. The number of hydrogen-bond donors (Lipinski definition) is 2. The molecule has 2 aromatic carbocycles. The van der Waals surface area contributed by atoms with Gasteiger partial charge >= 0.3 is 5.97 Å². The van der Waals surface area contributed by atoms with E-state index >= 15 is 0 Å². The molecule has 0 bridgehead atoms. The maximum Gasteiger partial charge on any atom is 0.331 e. The summed E-state index contributed by atoms with van der Waals surface area (Å²) in [4.78, 5) is 26.6. The number of carboxylic acid groups (broad SMARTS) is 1. The summed E-state index contributed by atoms with van der Waals surface area (Å²) >= 11 is 1.38. The van der Waals surface area contributed by atoms with Crippen molar-refractivity contribution in [2.24, 2.45) is 5.41 Å². The molecule has 3 rings (SSSR count). The summed E-state index contributed by atoms with van der Waals surface area (Å²) in [5, 5.41) is 11.9. The average molecular weight is 589 g/mol. The topological polar surface area (TPSA) is 113 Å². The van der Waals surface area contributed by atoms with E-state index in [9.17, 15) is 18.0 Å². The number of amides is 1. The lowest BCUT2D eigenvalue weighted by Crippen LogP contribution is -2.40. The molecule has 1 amide bonds. The van der Waals surface area contributed by atoms with Crippen LogP contribution in [0.4, 0.5) is 11.4 Å². The summed E-state index contributed by atoms with van der Waals surface area (Å²) in [5.41, 5.74) is 0.985. The number of nitrogens with zero attached hydrogens (tertiary/aromatic N) is 1. The van der Waals surface area contributed by atoms with Crippen molar-refractivity contribution >= 4 is 44.9 Å². The lowest BCUT2D eigenvalue weighted by molar-refractivity contribution is -0.131. The molecule has 0 fully saturated rings. The van der Waals surface area contributed by atoms with Crippen molar-refractivity contribution in [2.75, 3.05) is 23.5 Å². The minimum atomic E-state index is -3.74. The van der Waals surface area contributed by atoms with E-state index in [0.717, 1.165) is 37.3 Å². The van der Waals surface area contributed by atoms with Crippen LogP contribution < -0.4 is 15.0 Å². The van der Waals surface area contributed by atoms with Crippen LogP contribution in [0.25, 0.3) is 0 Å². The van der Waals surface area contributed by atoms with E-state index in [4.69, 9.17) is 9.84 Å². The van der Waals surface area contributed by atoms with E-state index in [0.29, 0.717) is 29.1 Å². The molecule has 1 unspecified atom stereocenters. The molecule has 1 aliphatic heterocycles. The number of ether oxygens (including phenoxy) is 1. The van der Waals surface area contributed by atoms with Crippen LogP contribution in [0.5, 0.6) is 5.75 Å². The van der Waals surface area contributed by atoms with Gasteiger partial charge in [0.15, 0.2) is 9.84 Å². The third-order valence-electron chi connectivity index (χ3n) is 7.01. The van der Waals surface area contributed by atoms with Crippen LogP contribution in [0.1, 0.15) is 70.7 Å².